The first-order valence-corrected chi connectivity index (χ1v) is 11.4. The maximum atomic E-state index is 12.7. The van der Waals surface area contributed by atoms with E-state index >= 15 is 0 Å². The number of morpholine rings is 1. The largest absolute Gasteiger partial charge is 0.378 e. The van der Waals surface area contributed by atoms with E-state index in [0.717, 1.165) is 5.69 Å². The minimum absolute atomic E-state index is 0.00726. The van der Waals surface area contributed by atoms with Crippen molar-refractivity contribution in [1.82, 2.24) is 20.4 Å². The third-order valence-electron chi connectivity index (χ3n) is 6.66. The van der Waals surface area contributed by atoms with Crippen molar-refractivity contribution in [3.05, 3.63) is 29.8 Å². The van der Waals surface area contributed by atoms with E-state index in [9.17, 15) is 14.4 Å². The molecule has 1 aromatic rings. The first-order valence-electron chi connectivity index (χ1n) is 11.4. The Kier molecular flexibility index (Phi) is 6.95. The zero-order valence-electron chi connectivity index (χ0n) is 18.9. The molecule has 9 nitrogen and oxygen atoms in total. The Balaban J connectivity index is 1.33. The molecule has 0 aromatic heterocycles. The van der Waals surface area contributed by atoms with Crippen molar-refractivity contribution >= 4 is 23.4 Å². The quantitative estimate of drug-likeness (QED) is 0.646. The number of carbonyl (C=O) groups is 3. The second kappa shape index (κ2) is 9.87. The van der Waals surface area contributed by atoms with Crippen LogP contribution in [0.25, 0.3) is 0 Å². The number of anilines is 1. The highest BCUT2D eigenvalue weighted by Crippen LogP contribution is 2.26. The Hall–Kier alpha value is -2.65. The minimum Gasteiger partial charge on any atom is -0.378 e. The van der Waals surface area contributed by atoms with Crippen LogP contribution >= 0.6 is 0 Å². The maximum absolute atomic E-state index is 12.7. The van der Waals surface area contributed by atoms with E-state index in [1.807, 2.05) is 48.2 Å². The van der Waals surface area contributed by atoms with E-state index in [4.69, 9.17) is 4.74 Å². The molecule has 3 amide bonds. The standard InChI is InChI=1S/C23H33N5O4/c1-26(2)18-5-3-16(4-6-18)22(30)25-17-13-20-23(31)24-14-19(28(20)15-17)7-8-21(29)27-9-11-32-12-10-27/h3-6,17,19-20H,7-15H2,1-2H3,(H,24,31)(H,25,30)/t17-,19-,20+/m1/s1. The summed E-state index contributed by atoms with van der Waals surface area (Å²) in [6.07, 6.45) is 1.74. The molecule has 0 bridgehead atoms. The number of fused-ring (bicyclic) bond motifs is 1. The second-order valence-corrected chi connectivity index (χ2v) is 8.99. The lowest BCUT2D eigenvalue weighted by molar-refractivity contribution is -0.136. The first-order chi connectivity index (χ1) is 15.4. The average molecular weight is 444 g/mol. The van der Waals surface area contributed by atoms with Crippen LogP contribution in [-0.4, -0.2) is 99.1 Å². The van der Waals surface area contributed by atoms with Crippen molar-refractivity contribution in [1.29, 1.82) is 0 Å². The van der Waals surface area contributed by atoms with Gasteiger partial charge < -0.3 is 25.2 Å². The van der Waals surface area contributed by atoms with Crippen LogP contribution in [0.2, 0.25) is 0 Å². The number of nitrogens with zero attached hydrogens (tertiary/aromatic N) is 3. The molecule has 0 radical (unpaired) electrons. The van der Waals surface area contributed by atoms with Gasteiger partial charge in [0.05, 0.1) is 19.3 Å². The molecule has 3 saturated heterocycles. The summed E-state index contributed by atoms with van der Waals surface area (Å²) in [6, 6.07) is 7.23. The fourth-order valence-electron chi connectivity index (χ4n) is 4.79. The molecule has 0 spiro atoms. The maximum Gasteiger partial charge on any atom is 0.251 e. The lowest BCUT2D eigenvalue weighted by Crippen LogP contribution is -2.58. The number of hydrogen-bond donors (Lipinski definition) is 2. The van der Waals surface area contributed by atoms with Crippen LogP contribution < -0.4 is 15.5 Å². The van der Waals surface area contributed by atoms with E-state index in [1.54, 1.807) is 0 Å². The number of hydrogen-bond acceptors (Lipinski definition) is 6. The Morgan fingerprint density at radius 1 is 1.19 bits per heavy atom. The molecular formula is C23H33N5O4. The summed E-state index contributed by atoms with van der Waals surface area (Å²) in [5.41, 5.74) is 1.64. The van der Waals surface area contributed by atoms with E-state index in [0.29, 0.717) is 64.2 Å². The Morgan fingerprint density at radius 3 is 2.59 bits per heavy atom. The third kappa shape index (κ3) is 5.05. The number of piperazine rings is 1. The fraction of sp³-hybridized carbons (Fsp3) is 0.609. The highest BCUT2D eigenvalue weighted by atomic mass is 16.5. The fourth-order valence-corrected chi connectivity index (χ4v) is 4.79. The van der Waals surface area contributed by atoms with Gasteiger partial charge in [-0.2, -0.15) is 0 Å². The number of ether oxygens (including phenoxy) is 1. The second-order valence-electron chi connectivity index (χ2n) is 8.99. The summed E-state index contributed by atoms with van der Waals surface area (Å²) in [6.45, 7) is 3.65. The topological polar surface area (TPSA) is 94.2 Å². The predicted molar refractivity (Wildman–Crippen MR) is 121 cm³/mol. The number of carbonyl (C=O) groups excluding carboxylic acids is 3. The van der Waals surface area contributed by atoms with Gasteiger partial charge in [-0.1, -0.05) is 0 Å². The number of amides is 3. The lowest BCUT2D eigenvalue weighted by atomic mass is 10.0. The Labute approximate surface area is 189 Å². The molecule has 3 atom stereocenters. The van der Waals surface area contributed by atoms with Gasteiger partial charge in [0.25, 0.3) is 5.91 Å². The summed E-state index contributed by atoms with van der Waals surface area (Å²) in [7, 11) is 3.92. The SMILES string of the molecule is CN(C)c1ccc(C(=O)N[C@@H]2C[C@H]3C(=O)NC[C@@H](CCC(=O)N4CCOCC4)N3C2)cc1. The molecule has 0 aliphatic carbocycles. The normalized spacial score (nSPS) is 25.8. The molecule has 4 rings (SSSR count). The van der Waals surface area contributed by atoms with Gasteiger partial charge in [-0.3, -0.25) is 19.3 Å². The van der Waals surface area contributed by atoms with Crippen molar-refractivity contribution in [2.75, 3.05) is 58.4 Å². The number of nitrogens with one attached hydrogen (secondary N) is 2. The van der Waals surface area contributed by atoms with Crippen molar-refractivity contribution in [2.45, 2.75) is 37.4 Å². The van der Waals surface area contributed by atoms with Crippen molar-refractivity contribution in [3.8, 4) is 0 Å². The highest BCUT2D eigenvalue weighted by Gasteiger charge is 2.43. The summed E-state index contributed by atoms with van der Waals surface area (Å²) in [5, 5.41) is 6.08. The van der Waals surface area contributed by atoms with Gasteiger partial charge in [0, 0.05) is 70.0 Å². The molecule has 3 aliphatic heterocycles. The molecular weight excluding hydrogens is 410 g/mol. The molecule has 3 fully saturated rings. The van der Waals surface area contributed by atoms with E-state index < -0.39 is 0 Å². The number of benzene rings is 1. The van der Waals surface area contributed by atoms with E-state index in [2.05, 4.69) is 15.5 Å². The number of rotatable bonds is 6. The smallest absolute Gasteiger partial charge is 0.251 e. The van der Waals surface area contributed by atoms with Gasteiger partial charge >= 0.3 is 0 Å². The predicted octanol–water partition coefficient (Wildman–Crippen LogP) is 0.0627. The van der Waals surface area contributed by atoms with Crippen LogP contribution in [0.3, 0.4) is 0 Å². The van der Waals surface area contributed by atoms with Crippen LogP contribution in [-0.2, 0) is 14.3 Å². The van der Waals surface area contributed by atoms with Gasteiger partial charge in [0.1, 0.15) is 0 Å². The van der Waals surface area contributed by atoms with Crippen molar-refractivity contribution in [3.63, 3.8) is 0 Å². The van der Waals surface area contributed by atoms with Crippen LogP contribution in [0, 0.1) is 0 Å². The molecule has 3 heterocycles. The van der Waals surface area contributed by atoms with Crippen LogP contribution in [0.4, 0.5) is 5.69 Å². The van der Waals surface area contributed by atoms with Crippen LogP contribution in [0.5, 0.6) is 0 Å². The summed E-state index contributed by atoms with van der Waals surface area (Å²) < 4.78 is 5.32. The van der Waals surface area contributed by atoms with Crippen LogP contribution in [0.1, 0.15) is 29.6 Å². The van der Waals surface area contributed by atoms with Gasteiger partial charge in [0.2, 0.25) is 11.8 Å². The molecule has 0 saturated carbocycles. The van der Waals surface area contributed by atoms with E-state index in [-0.39, 0.29) is 35.8 Å². The lowest BCUT2D eigenvalue weighted by Gasteiger charge is -2.37. The van der Waals surface area contributed by atoms with Crippen molar-refractivity contribution in [2.24, 2.45) is 0 Å². The minimum atomic E-state index is -0.256. The Morgan fingerprint density at radius 2 is 1.91 bits per heavy atom. The molecule has 1 aromatic carbocycles. The first kappa shape index (κ1) is 22.5. The van der Waals surface area contributed by atoms with Gasteiger partial charge in [-0.15, -0.1) is 0 Å². The third-order valence-corrected chi connectivity index (χ3v) is 6.66. The molecule has 3 aliphatic rings. The summed E-state index contributed by atoms with van der Waals surface area (Å²) in [4.78, 5) is 43.7. The van der Waals surface area contributed by atoms with E-state index in [1.165, 1.54) is 0 Å². The Bertz CT molecular complexity index is 837. The summed E-state index contributed by atoms with van der Waals surface area (Å²) >= 11 is 0. The van der Waals surface area contributed by atoms with Gasteiger partial charge in [0.15, 0.2) is 0 Å². The van der Waals surface area contributed by atoms with Gasteiger partial charge in [-0.05, 0) is 37.1 Å². The van der Waals surface area contributed by atoms with Crippen LogP contribution in [0.15, 0.2) is 24.3 Å². The summed E-state index contributed by atoms with van der Waals surface area (Å²) in [5.74, 6) is 0.0272. The molecule has 9 heteroatoms. The molecule has 0 unspecified atom stereocenters. The monoisotopic (exact) mass is 443 g/mol. The molecule has 32 heavy (non-hydrogen) atoms. The molecule has 174 valence electrons. The molecule has 2 N–H and O–H groups in total. The zero-order chi connectivity index (χ0) is 22.7. The average Bonchev–Trinajstić information content (AvgIpc) is 3.23. The zero-order valence-corrected chi connectivity index (χ0v) is 18.9. The van der Waals surface area contributed by atoms with Gasteiger partial charge in [-0.25, -0.2) is 0 Å². The van der Waals surface area contributed by atoms with Crippen molar-refractivity contribution < 1.29 is 19.1 Å². The highest BCUT2D eigenvalue weighted by molar-refractivity contribution is 5.95.